The molecular formula is C38H46ClN3O4S. The zero-order valence-electron chi connectivity index (χ0n) is 27.1. The minimum atomic E-state index is -0.908. The highest BCUT2D eigenvalue weighted by atomic mass is 35.5. The number of hydrogen-bond donors (Lipinski definition) is 1. The Bertz CT molecular complexity index is 1650. The summed E-state index contributed by atoms with van der Waals surface area (Å²) in [6.45, 7) is 4.08. The number of hydrogen-bond acceptors (Lipinski definition) is 5. The third-order valence-electron chi connectivity index (χ3n) is 10.4. The Hall–Kier alpha value is -3.33. The molecule has 250 valence electrons. The molecule has 2 aromatic heterocycles. The fourth-order valence-electron chi connectivity index (χ4n) is 7.97. The first kappa shape index (κ1) is 33.6. The van der Waals surface area contributed by atoms with Crippen LogP contribution < -0.4 is 4.74 Å². The molecule has 3 heterocycles. The number of carbonyl (C=O) groups excluding carboxylic acids is 1. The van der Waals surface area contributed by atoms with E-state index in [4.69, 9.17) is 4.74 Å². The van der Waals surface area contributed by atoms with E-state index in [0.29, 0.717) is 23.4 Å². The van der Waals surface area contributed by atoms with Crippen molar-refractivity contribution in [3.05, 3.63) is 76.7 Å². The average Bonchev–Trinajstić information content (AvgIpc) is 3.67. The molecule has 0 bridgehead atoms. The van der Waals surface area contributed by atoms with Gasteiger partial charge in [-0.2, -0.15) is 0 Å². The summed E-state index contributed by atoms with van der Waals surface area (Å²) in [7, 11) is 0. The maximum absolute atomic E-state index is 14.0. The second-order valence-corrected chi connectivity index (χ2v) is 14.4. The Balaban J connectivity index is 0.00000386. The summed E-state index contributed by atoms with van der Waals surface area (Å²) >= 11 is 1.37. The van der Waals surface area contributed by atoms with Crippen LogP contribution in [0.5, 0.6) is 5.75 Å². The number of rotatable bonds is 9. The van der Waals surface area contributed by atoms with Crippen molar-refractivity contribution >= 4 is 45.8 Å². The smallest absolute Gasteiger partial charge is 0.345 e. The number of piperazine rings is 1. The van der Waals surface area contributed by atoms with Crippen molar-refractivity contribution in [3.63, 3.8) is 0 Å². The number of fused-ring (bicyclic) bond motifs is 1. The van der Waals surface area contributed by atoms with E-state index in [1.807, 2.05) is 35.2 Å². The molecule has 3 fully saturated rings. The Kier molecular flexibility index (Phi) is 10.9. The van der Waals surface area contributed by atoms with Gasteiger partial charge in [0.1, 0.15) is 23.8 Å². The predicted molar refractivity (Wildman–Crippen MR) is 191 cm³/mol. The summed E-state index contributed by atoms with van der Waals surface area (Å²) in [5.74, 6) is 0.347. The zero-order chi connectivity index (χ0) is 31.5. The summed E-state index contributed by atoms with van der Waals surface area (Å²) in [5, 5.41) is 9.97. The second-order valence-electron chi connectivity index (χ2n) is 13.3. The fraction of sp³-hybridized carbons (Fsp3) is 0.474. The zero-order valence-corrected chi connectivity index (χ0v) is 28.7. The maximum Gasteiger partial charge on any atom is 0.345 e. The molecule has 4 aromatic rings. The lowest BCUT2D eigenvalue weighted by molar-refractivity contribution is -0.133. The Labute approximate surface area is 287 Å². The number of aromatic carboxylic acids is 1. The van der Waals surface area contributed by atoms with Crippen LogP contribution in [0.3, 0.4) is 0 Å². The number of benzene rings is 2. The lowest BCUT2D eigenvalue weighted by Crippen LogP contribution is -2.52. The van der Waals surface area contributed by atoms with E-state index in [2.05, 4.69) is 33.7 Å². The van der Waals surface area contributed by atoms with Crippen molar-refractivity contribution in [2.45, 2.75) is 89.3 Å². The van der Waals surface area contributed by atoms with Crippen LogP contribution in [0.4, 0.5) is 0 Å². The van der Waals surface area contributed by atoms with E-state index in [-0.39, 0.29) is 24.9 Å². The number of aromatic nitrogens is 1. The van der Waals surface area contributed by atoms with Crippen molar-refractivity contribution in [3.8, 4) is 17.0 Å². The lowest BCUT2D eigenvalue weighted by Gasteiger charge is -2.40. The molecule has 2 aromatic carbocycles. The summed E-state index contributed by atoms with van der Waals surface area (Å²) in [6, 6.07) is 20.9. The van der Waals surface area contributed by atoms with Gasteiger partial charge in [0.15, 0.2) is 0 Å². The largest absolute Gasteiger partial charge is 0.489 e. The molecule has 1 amide bonds. The van der Waals surface area contributed by atoms with Crippen LogP contribution in [-0.2, 0) is 17.9 Å². The molecule has 47 heavy (non-hydrogen) atoms. The van der Waals surface area contributed by atoms with Gasteiger partial charge in [-0.3, -0.25) is 9.69 Å². The minimum Gasteiger partial charge on any atom is -0.489 e. The van der Waals surface area contributed by atoms with Crippen molar-refractivity contribution in [1.82, 2.24) is 14.4 Å². The van der Waals surface area contributed by atoms with E-state index in [1.54, 1.807) is 6.07 Å². The van der Waals surface area contributed by atoms with E-state index in [0.717, 1.165) is 71.8 Å². The Morgan fingerprint density at radius 1 is 0.830 bits per heavy atom. The van der Waals surface area contributed by atoms with Crippen molar-refractivity contribution in [2.75, 3.05) is 26.2 Å². The topological polar surface area (TPSA) is 75.0 Å². The summed E-state index contributed by atoms with van der Waals surface area (Å²) < 4.78 is 9.27. The molecule has 3 aliphatic rings. The van der Waals surface area contributed by atoms with Gasteiger partial charge in [-0.25, -0.2) is 4.79 Å². The lowest BCUT2D eigenvalue weighted by atomic mass is 9.83. The van der Waals surface area contributed by atoms with Gasteiger partial charge < -0.3 is 19.3 Å². The molecule has 9 heteroatoms. The van der Waals surface area contributed by atoms with Crippen LogP contribution in [0, 0.1) is 0 Å². The Morgan fingerprint density at radius 2 is 1.49 bits per heavy atom. The standard InChI is InChI=1S/C38H45N3O4S.ClH/c42-34(40-22-20-39(21-23-40)30-14-8-3-9-15-30)25-41-32-24-33(38(43)44)46-37(32)35(28-12-6-2-7-13-28)36(41)29-16-18-31(19-17-29)45-26-27-10-4-1-5-11-27;/h1,4-5,10-11,16-19,24,28,30H,2-3,6-9,12-15,20-23,25-26H2,(H,43,44);1H. The highest BCUT2D eigenvalue weighted by Gasteiger charge is 2.32. The van der Waals surface area contributed by atoms with Gasteiger partial charge in [0.2, 0.25) is 5.91 Å². The number of halogens is 1. The molecular weight excluding hydrogens is 630 g/mol. The molecule has 0 unspecified atom stereocenters. The molecule has 2 aliphatic carbocycles. The molecule has 2 saturated carbocycles. The van der Waals surface area contributed by atoms with Gasteiger partial charge in [-0.05, 0) is 78.6 Å². The van der Waals surface area contributed by atoms with Gasteiger partial charge in [-0.1, -0.05) is 68.9 Å². The van der Waals surface area contributed by atoms with Crippen LogP contribution in [-0.4, -0.2) is 63.6 Å². The molecule has 0 radical (unpaired) electrons. The molecule has 1 saturated heterocycles. The average molecular weight is 676 g/mol. The quantitative estimate of drug-likeness (QED) is 0.192. The van der Waals surface area contributed by atoms with Crippen molar-refractivity contribution < 1.29 is 19.4 Å². The maximum atomic E-state index is 14.0. The number of carboxylic acids is 1. The highest BCUT2D eigenvalue weighted by Crippen LogP contribution is 2.47. The first-order valence-corrected chi connectivity index (χ1v) is 18.0. The van der Waals surface area contributed by atoms with Gasteiger partial charge in [0.05, 0.1) is 15.9 Å². The van der Waals surface area contributed by atoms with Crippen LogP contribution in [0.2, 0.25) is 0 Å². The SMILES string of the molecule is Cl.O=C(O)c1cc2c(s1)c(C1CCCCC1)c(-c1ccc(OCc3ccccc3)cc1)n2CC(=O)N1CCN(C2CCCCC2)CC1. The number of ether oxygens (including phenoxy) is 1. The van der Waals surface area contributed by atoms with E-state index in [1.165, 1.54) is 68.3 Å². The second kappa shape index (κ2) is 15.3. The minimum absolute atomic E-state index is 0. The number of amides is 1. The predicted octanol–water partition coefficient (Wildman–Crippen LogP) is 8.59. The summed E-state index contributed by atoms with van der Waals surface area (Å²) in [5.41, 5.74) is 5.32. The summed E-state index contributed by atoms with van der Waals surface area (Å²) in [6.07, 6.45) is 12.3. The molecule has 1 N–H and O–H groups in total. The third-order valence-corrected chi connectivity index (χ3v) is 11.6. The van der Waals surface area contributed by atoms with Crippen LogP contribution in [0.25, 0.3) is 21.5 Å². The fourth-order valence-corrected chi connectivity index (χ4v) is 9.09. The van der Waals surface area contributed by atoms with Gasteiger partial charge >= 0.3 is 5.97 Å². The number of nitrogens with zero attached hydrogens (tertiary/aromatic N) is 3. The van der Waals surface area contributed by atoms with Gasteiger partial charge in [0, 0.05) is 32.2 Å². The number of carbonyl (C=O) groups is 2. The van der Waals surface area contributed by atoms with Crippen molar-refractivity contribution in [1.29, 1.82) is 0 Å². The van der Waals surface area contributed by atoms with E-state index < -0.39 is 5.97 Å². The van der Waals surface area contributed by atoms with Gasteiger partial charge in [0.25, 0.3) is 0 Å². The van der Waals surface area contributed by atoms with E-state index in [9.17, 15) is 14.7 Å². The first-order valence-electron chi connectivity index (χ1n) is 17.2. The highest BCUT2D eigenvalue weighted by molar-refractivity contribution is 7.21. The summed E-state index contributed by atoms with van der Waals surface area (Å²) in [4.78, 5) is 31.2. The van der Waals surface area contributed by atoms with Crippen LogP contribution in [0.1, 0.15) is 90.9 Å². The molecule has 0 spiro atoms. The molecule has 7 rings (SSSR count). The first-order chi connectivity index (χ1) is 22.5. The number of thiophene rings is 1. The van der Waals surface area contributed by atoms with Gasteiger partial charge in [-0.15, -0.1) is 23.7 Å². The Morgan fingerprint density at radius 3 is 2.15 bits per heavy atom. The monoisotopic (exact) mass is 675 g/mol. The van der Waals surface area contributed by atoms with Crippen molar-refractivity contribution in [2.24, 2.45) is 0 Å². The third kappa shape index (κ3) is 7.40. The van der Waals surface area contributed by atoms with E-state index >= 15 is 0 Å². The number of carboxylic acid groups (broad SMARTS) is 1. The normalized spacial score (nSPS) is 18.3. The van der Waals surface area contributed by atoms with Crippen LogP contribution in [0.15, 0.2) is 60.7 Å². The molecule has 0 atom stereocenters. The molecule has 7 nitrogen and oxygen atoms in total. The van der Waals surface area contributed by atoms with Crippen LogP contribution >= 0.6 is 23.7 Å². The molecule has 1 aliphatic heterocycles.